The molecule has 0 amide bonds. The molecule has 0 bridgehead atoms. The maximum absolute atomic E-state index is 11.7. The van der Waals surface area contributed by atoms with Gasteiger partial charge in [-0.1, -0.05) is 17.7 Å². The quantitative estimate of drug-likeness (QED) is 0.595. The van der Waals surface area contributed by atoms with Crippen molar-refractivity contribution in [1.82, 2.24) is 0 Å². The van der Waals surface area contributed by atoms with Crippen molar-refractivity contribution in [2.45, 2.75) is 40.0 Å². The standard InChI is InChI=1S/C15H18O3/c1-9-6-10(2)13(11(3)7-9)8-12-4-5-14(16)18-15(12)17/h6-7,12H,4-5,8H2,1-3H3. The monoisotopic (exact) mass is 246 g/mol. The van der Waals surface area contributed by atoms with Gasteiger partial charge in [0, 0.05) is 6.42 Å². The lowest BCUT2D eigenvalue weighted by atomic mass is 9.88. The van der Waals surface area contributed by atoms with Gasteiger partial charge >= 0.3 is 11.9 Å². The highest BCUT2D eigenvalue weighted by atomic mass is 16.6. The van der Waals surface area contributed by atoms with E-state index in [4.69, 9.17) is 4.74 Å². The number of ether oxygens (including phenoxy) is 1. The summed E-state index contributed by atoms with van der Waals surface area (Å²) >= 11 is 0. The van der Waals surface area contributed by atoms with E-state index in [1.165, 1.54) is 22.3 Å². The third-order valence-electron chi connectivity index (χ3n) is 3.54. The smallest absolute Gasteiger partial charge is 0.316 e. The van der Waals surface area contributed by atoms with Crippen LogP contribution in [0.3, 0.4) is 0 Å². The fourth-order valence-corrected chi connectivity index (χ4v) is 2.62. The Morgan fingerprint density at radius 2 is 1.78 bits per heavy atom. The molecule has 1 atom stereocenters. The minimum Gasteiger partial charge on any atom is -0.393 e. The topological polar surface area (TPSA) is 43.4 Å². The Bertz CT molecular complexity index is 479. The van der Waals surface area contributed by atoms with Gasteiger partial charge in [-0.15, -0.1) is 0 Å². The Morgan fingerprint density at radius 3 is 2.33 bits per heavy atom. The minimum absolute atomic E-state index is 0.178. The van der Waals surface area contributed by atoms with Gasteiger partial charge in [0.25, 0.3) is 0 Å². The first-order valence-electron chi connectivity index (χ1n) is 6.28. The summed E-state index contributed by atoms with van der Waals surface area (Å²) in [5.74, 6) is -0.943. The van der Waals surface area contributed by atoms with E-state index in [0.29, 0.717) is 19.3 Å². The van der Waals surface area contributed by atoms with Gasteiger partial charge in [-0.2, -0.15) is 0 Å². The summed E-state index contributed by atoms with van der Waals surface area (Å²) < 4.78 is 4.70. The number of rotatable bonds is 2. The molecule has 2 rings (SSSR count). The number of carbonyl (C=O) groups is 2. The van der Waals surface area contributed by atoms with Crippen LogP contribution in [-0.2, 0) is 20.7 Å². The fourth-order valence-electron chi connectivity index (χ4n) is 2.62. The van der Waals surface area contributed by atoms with Crippen molar-refractivity contribution in [3.8, 4) is 0 Å². The van der Waals surface area contributed by atoms with Crippen LogP contribution in [0.4, 0.5) is 0 Å². The maximum atomic E-state index is 11.7. The predicted octanol–water partition coefficient (Wildman–Crippen LogP) is 2.63. The normalized spacial score (nSPS) is 19.8. The number of hydrogen-bond acceptors (Lipinski definition) is 3. The van der Waals surface area contributed by atoms with Crippen LogP contribution in [0.25, 0.3) is 0 Å². The summed E-state index contributed by atoms with van der Waals surface area (Å²) in [6.45, 7) is 6.20. The molecule has 3 nitrogen and oxygen atoms in total. The second-order valence-electron chi connectivity index (χ2n) is 5.11. The molecular formula is C15H18O3. The van der Waals surface area contributed by atoms with Gasteiger partial charge < -0.3 is 4.74 Å². The van der Waals surface area contributed by atoms with E-state index < -0.39 is 5.97 Å². The van der Waals surface area contributed by atoms with Crippen molar-refractivity contribution in [2.75, 3.05) is 0 Å². The second-order valence-corrected chi connectivity index (χ2v) is 5.11. The molecule has 0 aliphatic carbocycles. The molecule has 1 fully saturated rings. The molecule has 1 aliphatic heterocycles. The minimum atomic E-state index is -0.395. The molecule has 0 saturated carbocycles. The summed E-state index contributed by atoms with van der Waals surface area (Å²) in [4.78, 5) is 22.7. The zero-order valence-electron chi connectivity index (χ0n) is 11.1. The third kappa shape index (κ3) is 2.61. The number of cyclic esters (lactones) is 2. The van der Waals surface area contributed by atoms with Crippen LogP contribution in [0.2, 0.25) is 0 Å². The number of aryl methyl sites for hydroxylation is 3. The van der Waals surface area contributed by atoms with Crippen molar-refractivity contribution in [1.29, 1.82) is 0 Å². The molecular weight excluding hydrogens is 228 g/mol. The molecule has 18 heavy (non-hydrogen) atoms. The lowest BCUT2D eigenvalue weighted by Crippen LogP contribution is -2.29. The molecule has 0 N–H and O–H groups in total. The number of esters is 2. The molecule has 1 unspecified atom stereocenters. The highest BCUT2D eigenvalue weighted by Crippen LogP contribution is 2.25. The first-order valence-corrected chi connectivity index (χ1v) is 6.28. The van der Waals surface area contributed by atoms with Crippen LogP contribution in [0.5, 0.6) is 0 Å². The van der Waals surface area contributed by atoms with Gasteiger partial charge in [0.1, 0.15) is 0 Å². The van der Waals surface area contributed by atoms with Gasteiger partial charge in [-0.05, 0) is 50.3 Å². The molecule has 0 radical (unpaired) electrons. The fraction of sp³-hybridized carbons (Fsp3) is 0.467. The van der Waals surface area contributed by atoms with Gasteiger partial charge in [-0.3, -0.25) is 9.59 Å². The SMILES string of the molecule is Cc1cc(C)c(CC2CCC(=O)OC2=O)c(C)c1. The average molecular weight is 246 g/mol. The molecule has 1 aromatic carbocycles. The van der Waals surface area contributed by atoms with E-state index in [0.717, 1.165) is 0 Å². The molecule has 0 spiro atoms. The zero-order valence-corrected chi connectivity index (χ0v) is 11.1. The summed E-state index contributed by atoms with van der Waals surface area (Å²) in [6.07, 6.45) is 1.62. The number of carbonyl (C=O) groups excluding carboxylic acids is 2. The van der Waals surface area contributed by atoms with Gasteiger partial charge in [0.05, 0.1) is 5.92 Å². The number of hydrogen-bond donors (Lipinski definition) is 0. The van der Waals surface area contributed by atoms with E-state index in [2.05, 4.69) is 32.9 Å². The summed E-state index contributed by atoms with van der Waals surface area (Å²) in [7, 11) is 0. The summed E-state index contributed by atoms with van der Waals surface area (Å²) in [6, 6.07) is 4.25. The molecule has 1 aromatic rings. The third-order valence-corrected chi connectivity index (χ3v) is 3.54. The molecule has 1 aliphatic rings. The summed E-state index contributed by atoms with van der Waals surface area (Å²) in [5, 5.41) is 0. The Balaban J connectivity index is 2.19. The van der Waals surface area contributed by atoms with Crippen LogP contribution in [-0.4, -0.2) is 11.9 Å². The van der Waals surface area contributed by atoms with E-state index in [-0.39, 0.29) is 11.9 Å². The van der Waals surface area contributed by atoms with Crippen molar-refractivity contribution >= 4 is 11.9 Å². The molecule has 3 heteroatoms. The van der Waals surface area contributed by atoms with Crippen molar-refractivity contribution in [3.63, 3.8) is 0 Å². The van der Waals surface area contributed by atoms with Crippen LogP contribution in [0.1, 0.15) is 35.1 Å². The maximum Gasteiger partial charge on any atom is 0.316 e. The first kappa shape index (κ1) is 12.8. The van der Waals surface area contributed by atoms with E-state index in [1.54, 1.807) is 0 Å². The lowest BCUT2D eigenvalue weighted by Gasteiger charge is -2.21. The van der Waals surface area contributed by atoms with Crippen LogP contribution in [0, 0.1) is 26.7 Å². The van der Waals surface area contributed by atoms with E-state index in [1.807, 2.05) is 0 Å². The Morgan fingerprint density at radius 1 is 1.17 bits per heavy atom. The van der Waals surface area contributed by atoms with Crippen molar-refractivity contribution in [2.24, 2.45) is 5.92 Å². The predicted molar refractivity (Wildman–Crippen MR) is 68.2 cm³/mol. The van der Waals surface area contributed by atoms with Crippen LogP contribution < -0.4 is 0 Å². The summed E-state index contributed by atoms with van der Waals surface area (Å²) in [5.41, 5.74) is 4.85. The van der Waals surface area contributed by atoms with Gasteiger partial charge in [0.15, 0.2) is 0 Å². The van der Waals surface area contributed by atoms with Gasteiger partial charge in [0.2, 0.25) is 0 Å². The average Bonchev–Trinajstić information content (AvgIpc) is 2.25. The van der Waals surface area contributed by atoms with Gasteiger partial charge in [-0.25, -0.2) is 0 Å². The lowest BCUT2D eigenvalue weighted by molar-refractivity contribution is -0.167. The van der Waals surface area contributed by atoms with E-state index in [9.17, 15) is 9.59 Å². The van der Waals surface area contributed by atoms with Crippen LogP contribution in [0.15, 0.2) is 12.1 Å². The van der Waals surface area contributed by atoms with Crippen molar-refractivity contribution < 1.29 is 14.3 Å². The first-order chi connectivity index (χ1) is 8.47. The Hall–Kier alpha value is -1.64. The highest BCUT2D eigenvalue weighted by molar-refractivity contribution is 5.89. The molecule has 1 saturated heterocycles. The second kappa shape index (κ2) is 4.92. The molecule has 1 heterocycles. The molecule has 96 valence electrons. The molecule has 0 aromatic heterocycles. The Kier molecular flexibility index (Phi) is 3.50. The largest absolute Gasteiger partial charge is 0.393 e. The van der Waals surface area contributed by atoms with E-state index >= 15 is 0 Å². The zero-order chi connectivity index (χ0) is 13.3. The number of benzene rings is 1. The Labute approximate surface area is 107 Å². The highest BCUT2D eigenvalue weighted by Gasteiger charge is 2.29. The van der Waals surface area contributed by atoms with Crippen LogP contribution >= 0.6 is 0 Å². The van der Waals surface area contributed by atoms with Crippen molar-refractivity contribution in [3.05, 3.63) is 34.4 Å².